The molecule has 108 valence electrons. The van der Waals surface area contributed by atoms with Crippen molar-refractivity contribution in [3.05, 3.63) is 12.7 Å². The number of methoxy groups -OCH3 is 1. The van der Waals surface area contributed by atoms with Gasteiger partial charge in [-0.15, -0.1) is 0 Å². The molecule has 2 unspecified atom stereocenters. The van der Waals surface area contributed by atoms with Crippen LogP contribution in [0.4, 0.5) is 4.79 Å². The fourth-order valence-corrected chi connectivity index (χ4v) is 2.03. The van der Waals surface area contributed by atoms with E-state index < -0.39 is 6.16 Å². The minimum absolute atomic E-state index is 0.0871. The first-order valence-corrected chi connectivity index (χ1v) is 6.38. The topological polar surface area (TPSA) is 71.8 Å². The van der Waals surface area contributed by atoms with E-state index in [2.05, 4.69) is 6.58 Å². The zero-order chi connectivity index (χ0) is 14.3. The predicted octanol–water partition coefficient (Wildman–Crippen LogP) is 2.01. The molecule has 0 aromatic carbocycles. The number of hydrogen-bond acceptors (Lipinski definition) is 5. The van der Waals surface area contributed by atoms with Crippen LogP contribution in [0.1, 0.15) is 19.8 Å². The summed E-state index contributed by atoms with van der Waals surface area (Å²) in [5.41, 5.74) is 0. The minimum Gasteiger partial charge on any atom is -0.434 e. The van der Waals surface area contributed by atoms with Crippen molar-refractivity contribution < 1.29 is 19.0 Å². The summed E-state index contributed by atoms with van der Waals surface area (Å²) in [5.74, 6) is 0.669. The Morgan fingerprint density at radius 3 is 3.00 bits per heavy atom. The molecule has 0 saturated carbocycles. The summed E-state index contributed by atoms with van der Waals surface area (Å²) in [6.45, 7) is 6.57. The van der Waals surface area contributed by atoms with Crippen LogP contribution >= 0.6 is 0 Å². The van der Waals surface area contributed by atoms with Gasteiger partial charge in [0.2, 0.25) is 0 Å². The van der Waals surface area contributed by atoms with Crippen molar-refractivity contribution in [1.29, 1.82) is 5.41 Å². The average Bonchev–Trinajstić information content (AvgIpc) is 2.77. The van der Waals surface area contributed by atoms with Crippen LogP contribution in [-0.4, -0.2) is 50.0 Å². The third-order valence-corrected chi connectivity index (χ3v) is 3.20. The molecule has 0 radical (unpaired) electrons. The number of rotatable bonds is 7. The van der Waals surface area contributed by atoms with E-state index in [1.54, 1.807) is 7.11 Å². The lowest BCUT2D eigenvalue weighted by Gasteiger charge is -2.25. The Bertz CT molecular complexity index is 333. The van der Waals surface area contributed by atoms with Gasteiger partial charge in [-0.3, -0.25) is 5.41 Å². The van der Waals surface area contributed by atoms with E-state index in [1.807, 2.05) is 11.8 Å². The molecule has 0 aliphatic carbocycles. The normalized spacial score (nSPS) is 20.2. The van der Waals surface area contributed by atoms with Crippen molar-refractivity contribution in [3.8, 4) is 0 Å². The summed E-state index contributed by atoms with van der Waals surface area (Å²) in [6, 6.07) is 0. The molecule has 1 N–H and O–H groups in total. The second-order valence-corrected chi connectivity index (χ2v) is 4.39. The molecular formula is C13H22N2O4. The van der Waals surface area contributed by atoms with E-state index in [0.29, 0.717) is 12.3 Å². The Morgan fingerprint density at radius 2 is 2.37 bits per heavy atom. The van der Waals surface area contributed by atoms with Crippen LogP contribution < -0.4 is 0 Å². The highest BCUT2D eigenvalue weighted by Crippen LogP contribution is 2.23. The summed E-state index contributed by atoms with van der Waals surface area (Å²) in [7, 11) is 1.63. The largest absolute Gasteiger partial charge is 0.508 e. The summed E-state index contributed by atoms with van der Waals surface area (Å²) >= 11 is 0. The molecule has 1 fully saturated rings. The molecule has 1 aliphatic heterocycles. The lowest BCUT2D eigenvalue weighted by atomic mass is 10.0. The van der Waals surface area contributed by atoms with Gasteiger partial charge in [0.25, 0.3) is 0 Å². The monoisotopic (exact) mass is 270 g/mol. The van der Waals surface area contributed by atoms with Gasteiger partial charge in [-0.2, -0.15) is 0 Å². The van der Waals surface area contributed by atoms with Crippen LogP contribution in [0.3, 0.4) is 0 Å². The summed E-state index contributed by atoms with van der Waals surface area (Å²) in [4.78, 5) is 13.0. The van der Waals surface area contributed by atoms with Gasteiger partial charge in [-0.25, -0.2) is 4.79 Å². The van der Waals surface area contributed by atoms with Gasteiger partial charge in [0, 0.05) is 19.6 Å². The van der Waals surface area contributed by atoms with Crippen molar-refractivity contribution >= 4 is 12.0 Å². The lowest BCUT2D eigenvalue weighted by Crippen LogP contribution is -2.36. The van der Waals surface area contributed by atoms with Crippen molar-refractivity contribution in [3.63, 3.8) is 0 Å². The van der Waals surface area contributed by atoms with Crippen LogP contribution in [-0.2, 0) is 14.2 Å². The van der Waals surface area contributed by atoms with Crippen molar-refractivity contribution in [2.24, 2.45) is 5.92 Å². The zero-order valence-electron chi connectivity index (χ0n) is 11.6. The van der Waals surface area contributed by atoms with Crippen molar-refractivity contribution in [2.45, 2.75) is 26.0 Å². The first kappa shape index (κ1) is 15.5. The SMILES string of the molecule is C=CCOC(=O)OCCC1CCN(C(C)OC)C1=N. The maximum absolute atomic E-state index is 11.1. The molecule has 0 aromatic rings. The third-order valence-electron chi connectivity index (χ3n) is 3.20. The third kappa shape index (κ3) is 4.55. The van der Waals surface area contributed by atoms with Gasteiger partial charge in [0.15, 0.2) is 0 Å². The zero-order valence-corrected chi connectivity index (χ0v) is 11.6. The molecule has 1 saturated heterocycles. The molecule has 1 heterocycles. The maximum Gasteiger partial charge on any atom is 0.508 e. The van der Waals surface area contributed by atoms with Gasteiger partial charge in [0.1, 0.15) is 18.7 Å². The fraction of sp³-hybridized carbons (Fsp3) is 0.692. The molecule has 0 spiro atoms. The molecule has 0 amide bonds. The molecule has 1 aliphatic rings. The van der Waals surface area contributed by atoms with Crippen LogP contribution in [0, 0.1) is 11.3 Å². The van der Waals surface area contributed by atoms with E-state index >= 15 is 0 Å². The number of carbonyl (C=O) groups excluding carboxylic acids is 1. The van der Waals surface area contributed by atoms with Crippen LogP contribution in [0.2, 0.25) is 0 Å². The molecule has 6 heteroatoms. The highest BCUT2D eigenvalue weighted by molar-refractivity contribution is 5.83. The fourth-order valence-electron chi connectivity index (χ4n) is 2.03. The summed E-state index contributed by atoms with van der Waals surface area (Å²) < 4.78 is 14.8. The molecule has 1 rings (SSSR count). The maximum atomic E-state index is 11.1. The lowest BCUT2D eigenvalue weighted by molar-refractivity contribution is 0.0271. The second kappa shape index (κ2) is 7.78. The van der Waals surface area contributed by atoms with Crippen molar-refractivity contribution in [1.82, 2.24) is 4.90 Å². The summed E-state index contributed by atoms with van der Waals surface area (Å²) in [5, 5.41) is 8.05. The number of carbonyl (C=O) groups is 1. The van der Waals surface area contributed by atoms with E-state index in [4.69, 9.17) is 19.6 Å². The first-order chi connectivity index (χ1) is 9.10. The van der Waals surface area contributed by atoms with E-state index in [-0.39, 0.29) is 25.4 Å². The molecule has 0 bridgehead atoms. The predicted molar refractivity (Wildman–Crippen MR) is 71.1 cm³/mol. The summed E-state index contributed by atoms with van der Waals surface area (Å²) in [6.07, 6.45) is 2.23. The molecule has 6 nitrogen and oxygen atoms in total. The van der Waals surface area contributed by atoms with E-state index in [9.17, 15) is 4.79 Å². The van der Waals surface area contributed by atoms with Gasteiger partial charge >= 0.3 is 6.16 Å². The number of nitrogens with zero attached hydrogens (tertiary/aromatic N) is 1. The smallest absolute Gasteiger partial charge is 0.434 e. The van der Waals surface area contributed by atoms with Crippen LogP contribution in [0.5, 0.6) is 0 Å². The molecule has 19 heavy (non-hydrogen) atoms. The van der Waals surface area contributed by atoms with Gasteiger partial charge in [-0.1, -0.05) is 12.7 Å². The second-order valence-electron chi connectivity index (χ2n) is 4.39. The van der Waals surface area contributed by atoms with Crippen LogP contribution in [0.25, 0.3) is 0 Å². The first-order valence-electron chi connectivity index (χ1n) is 6.38. The quantitative estimate of drug-likeness (QED) is 0.566. The van der Waals surface area contributed by atoms with Crippen molar-refractivity contribution in [2.75, 3.05) is 26.9 Å². The Hall–Kier alpha value is -1.56. The standard InChI is InChI=1S/C13H22N2O4/c1-4-8-18-13(16)19-9-6-11-5-7-15(12(11)14)10(2)17-3/h4,10-11,14H,1,5-9H2,2-3H3. The minimum atomic E-state index is -0.688. The van der Waals surface area contributed by atoms with E-state index in [1.165, 1.54) is 6.08 Å². The Morgan fingerprint density at radius 1 is 1.63 bits per heavy atom. The number of amidine groups is 1. The highest BCUT2D eigenvalue weighted by Gasteiger charge is 2.31. The van der Waals surface area contributed by atoms with Crippen LogP contribution in [0.15, 0.2) is 12.7 Å². The number of likely N-dealkylation sites (tertiary alicyclic amines) is 1. The molecular weight excluding hydrogens is 248 g/mol. The Kier molecular flexibility index (Phi) is 6.35. The number of nitrogens with one attached hydrogen (secondary N) is 1. The van der Waals surface area contributed by atoms with Gasteiger partial charge < -0.3 is 19.1 Å². The molecule has 0 aromatic heterocycles. The van der Waals surface area contributed by atoms with Gasteiger partial charge in [0.05, 0.1) is 6.61 Å². The molecule has 2 atom stereocenters. The Labute approximate surface area is 113 Å². The Balaban J connectivity index is 2.26. The van der Waals surface area contributed by atoms with E-state index in [0.717, 1.165) is 13.0 Å². The number of ether oxygens (including phenoxy) is 3. The highest BCUT2D eigenvalue weighted by atomic mass is 16.7. The number of hydrogen-bond donors (Lipinski definition) is 1. The average molecular weight is 270 g/mol. The van der Waals surface area contributed by atoms with Gasteiger partial charge in [-0.05, 0) is 19.8 Å².